The smallest absolute Gasteiger partial charge is 0.258 e. The van der Waals surface area contributed by atoms with E-state index in [0.29, 0.717) is 22.9 Å². The second-order valence-corrected chi connectivity index (χ2v) is 6.18. The summed E-state index contributed by atoms with van der Waals surface area (Å²) in [4.78, 5) is 31.8. The topological polar surface area (TPSA) is 96.0 Å². The van der Waals surface area contributed by atoms with Crippen LogP contribution in [0.15, 0.2) is 60.9 Å². The number of carbonyl (C=O) groups excluding carboxylic acids is 2. The molecule has 0 radical (unpaired) electrons. The molecule has 2 amide bonds. The average Bonchev–Trinajstić information content (AvgIpc) is 2.70. The van der Waals surface area contributed by atoms with Crippen molar-refractivity contribution in [3.05, 3.63) is 72.1 Å². The summed E-state index contributed by atoms with van der Waals surface area (Å²) in [5.74, 6) is -0.0458. The van der Waals surface area contributed by atoms with E-state index < -0.39 is 0 Å². The van der Waals surface area contributed by atoms with Crippen molar-refractivity contribution >= 4 is 34.8 Å². The van der Waals surface area contributed by atoms with Gasteiger partial charge in [0.25, 0.3) is 5.91 Å². The molecule has 1 heterocycles. The molecule has 7 heteroatoms. The van der Waals surface area contributed by atoms with Crippen LogP contribution in [0.2, 0.25) is 0 Å². The molecule has 7 nitrogen and oxygen atoms in total. The minimum absolute atomic E-state index is 0.149. The number of nitrogens with one attached hydrogen (secondary N) is 3. The lowest BCUT2D eigenvalue weighted by Gasteiger charge is -2.08. The molecule has 0 saturated carbocycles. The monoisotopic (exact) mass is 375 g/mol. The van der Waals surface area contributed by atoms with Crippen molar-refractivity contribution in [3.63, 3.8) is 0 Å². The van der Waals surface area contributed by atoms with Crippen LogP contribution in [0.4, 0.5) is 23.0 Å². The van der Waals surface area contributed by atoms with Crippen LogP contribution in [0.1, 0.15) is 29.8 Å². The van der Waals surface area contributed by atoms with Crippen molar-refractivity contribution in [2.75, 3.05) is 16.0 Å². The van der Waals surface area contributed by atoms with Gasteiger partial charge in [0.2, 0.25) is 11.9 Å². The molecule has 3 aromatic rings. The maximum atomic E-state index is 12.3. The summed E-state index contributed by atoms with van der Waals surface area (Å²) in [6.07, 6.45) is 3.92. The molecule has 3 rings (SSSR count). The number of nitrogens with zero attached hydrogens (tertiary/aromatic N) is 2. The Kier molecular flexibility index (Phi) is 5.96. The van der Waals surface area contributed by atoms with Gasteiger partial charge in [-0.25, -0.2) is 9.97 Å². The fourth-order valence-electron chi connectivity index (χ4n) is 2.51. The number of hydrogen-bond acceptors (Lipinski definition) is 5. The second kappa shape index (κ2) is 8.77. The van der Waals surface area contributed by atoms with E-state index >= 15 is 0 Å². The Bertz CT molecular complexity index is 952. The van der Waals surface area contributed by atoms with Gasteiger partial charge in [0.1, 0.15) is 0 Å². The Hall–Kier alpha value is -3.74. The van der Waals surface area contributed by atoms with Gasteiger partial charge in [-0.3, -0.25) is 9.59 Å². The second-order valence-electron chi connectivity index (χ2n) is 6.18. The summed E-state index contributed by atoms with van der Waals surface area (Å²) >= 11 is 0. The average molecular weight is 375 g/mol. The Balaban J connectivity index is 1.60. The quantitative estimate of drug-likeness (QED) is 0.605. The largest absolute Gasteiger partial charge is 0.326 e. The third-order valence-electron chi connectivity index (χ3n) is 4.00. The summed E-state index contributed by atoms with van der Waals surface area (Å²) in [6, 6.07) is 14.9. The van der Waals surface area contributed by atoms with Crippen LogP contribution in [0, 0.1) is 0 Å². The number of aryl methyl sites for hydroxylation is 1. The molecule has 1 aromatic heterocycles. The molecule has 0 atom stereocenters. The lowest BCUT2D eigenvalue weighted by Crippen LogP contribution is -2.13. The van der Waals surface area contributed by atoms with Crippen molar-refractivity contribution in [2.45, 2.75) is 20.3 Å². The Morgan fingerprint density at radius 3 is 1.89 bits per heavy atom. The maximum Gasteiger partial charge on any atom is 0.258 e. The predicted molar refractivity (Wildman–Crippen MR) is 110 cm³/mol. The van der Waals surface area contributed by atoms with E-state index in [-0.39, 0.29) is 11.8 Å². The standard InChI is InChI=1S/C21H21N5O2/c1-3-15-4-6-19(7-5-15)26-21-22-12-16(13-23-21)20(28)25-18-10-8-17(9-11-18)24-14(2)27/h4-13H,3H2,1-2H3,(H,24,27)(H,25,28)(H,22,23,26). The molecule has 28 heavy (non-hydrogen) atoms. The van der Waals surface area contributed by atoms with Crippen LogP contribution in [-0.4, -0.2) is 21.8 Å². The molecule has 0 bridgehead atoms. The first-order valence-electron chi connectivity index (χ1n) is 8.90. The minimum Gasteiger partial charge on any atom is -0.326 e. The molecule has 0 aliphatic carbocycles. The Labute approximate surface area is 163 Å². The van der Waals surface area contributed by atoms with Crippen molar-refractivity contribution in [2.24, 2.45) is 0 Å². The van der Waals surface area contributed by atoms with Gasteiger partial charge < -0.3 is 16.0 Å². The normalized spacial score (nSPS) is 10.2. The molecule has 0 unspecified atom stereocenters. The minimum atomic E-state index is -0.314. The lowest BCUT2D eigenvalue weighted by molar-refractivity contribution is -0.114. The lowest BCUT2D eigenvalue weighted by atomic mass is 10.1. The van der Waals surface area contributed by atoms with Gasteiger partial charge in [-0.1, -0.05) is 19.1 Å². The molecule has 3 N–H and O–H groups in total. The van der Waals surface area contributed by atoms with Crippen molar-refractivity contribution in [1.29, 1.82) is 0 Å². The maximum absolute atomic E-state index is 12.3. The van der Waals surface area contributed by atoms with E-state index in [1.165, 1.54) is 24.9 Å². The highest BCUT2D eigenvalue weighted by molar-refractivity contribution is 6.04. The van der Waals surface area contributed by atoms with Gasteiger partial charge in [-0.15, -0.1) is 0 Å². The van der Waals surface area contributed by atoms with Crippen LogP contribution < -0.4 is 16.0 Å². The van der Waals surface area contributed by atoms with Crippen LogP contribution in [0.5, 0.6) is 0 Å². The summed E-state index contributed by atoms with van der Waals surface area (Å²) < 4.78 is 0. The summed E-state index contributed by atoms with van der Waals surface area (Å²) in [5, 5.41) is 8.54. The fraction of sp³-hybridized carbons (Fsp3) is 0.143. The zero-order valence-corrected chi connectivity index (χ0v) is 15.7. The van der Waals surface area contributed by atoms with Gasteiger partial charge in [0.15, 0.2) is 0 Å². The van der Waals surface area contributed by atoms with Crippen LogP contribution >= 0.6 is 0 Å². The van der Waals surface area contributed by atoms with Gasteiger partial charge >= 0.3 is 0 Å². The molecule has 0 fully saturated rings. The van der Waals surface area contributed by atoms with Gasteiger partial charge in [-0.05, 0) is 48.4 Å². The molecular weight excluding hydrogens is 354 g/mol. The Morgan fingerprint density at radius 2 is 1.36 bits per heavy atom. The van der Waals surface area contributed by atoms with E-state index in [1.807, 2.05) is 24.3 Å². The number of anilines is 4. The molecule has 2 aromatic carbocycles. The SMILES string of the molecule is CCc1ccc(Nc2ncc(C(=O)Nc3ccc(NC(C)=O)cc3)cn2)cc1. The van der Waals surface area contributed by atoms with Crippen molar-refractivity contribution in [1.82, 2.24) is 9.97 Å². The first kappa shape index (κ1) is 19.0. The number of aromatic nitrogens is 2. The number of hydrogen-bond donors (Lipinski definition) is 3. The highest BCUT2D eigenvalue weighted by Crippen LogP contribution is 2.16. The van der Waals surface area contributed by atoms with E-state index in [1.54, 1.807) is 24.3 Å². The fourth-order valence-corrected chi connectivity index (χ4v) is 2.51. The highest BCUT2D eigenvalue weighted by atomic mass is 16.2. The van der Waals surface area contributed by atoms with Gasteiger partial charge in [0, 0.05) is 36.4 Å². The highest BCUT2D eigenvalue weighted by Gasteiger charge is 2.08. The van der Waals surface area contributed by atoms with E-state index in [2.05, 4.69) is 32.8 Å². The zero-order valence-electron chi connectivity index (χ0n) is 15.7. The number of rotatable bonds is 6. The van der Waals surface area contributed by atoms with Crippen LogP contribution in [0.25, 0.3) is 0 Å². The summed E-state index contributed by atoms with van der Waals surface area (Å²) in [5.41, 5.74) is 3.75. The first-order chi connectivity index (χ1) is 13.5. The van der Waals surface area contributed by atoms with E-state index in [9.17, 15) is 9.59 Å². The molecule has 0 aliphatic rings. The van der Waals surface area contributed by atoms with E-state index in [4.69, 9.17) is 0 Å². The molecule has 0 aliphatic heterocycles. The van der Waals surface area contributed by atoms with Crippen LogP contribution in [-0.2, 0) is 11.2 Å². The number of carbonyl (C=O) groups is 2. The van der Waals surface area contributed by atoms with E-state index in [0.717, 1.165) is 12.1 Å². The van der Waals surface area contributed by atoms with Gasteiger partial charge in [-0.2, -0.15) is 0 Å². The van der Waals surface area contributed by atoms with Crippen molar-refractivity contribution < 1.29 is 9.59 Å². The molecule has 142 valence electrons. The summed E-state index contributed by atoms with van der Waals surface area (Å²) in [7, 11) is 0. The first-order valence-corrected chi connectivity index (χ1v) is 8.90. The van der Waals surface area contributed by atoms with Crippen LogP contribution in [0.3, 0.4) is 0 Å². The molecular formula is C21H21N5O2. The van der Waals surface area contributed by atoms with Gasteiger partial charge in [0.05, 0.1) is 5.56 Å². The third-order valence-corrected chi connectivity index (χ3v) is 4.00. The summed E-state index contributed by atoms with van der Waals surface area (Å²) in [6.45, 7) is 3.54. The van der Waals surface area contributed by atoms with Crippen molar-refractivity contribution in [3.8, 4) is 0 Å². The number of benzene rings is 2. The predicted octanol–water partition coefficient (Wildman–Crippen LogP) is 3.99. The number of amides is 2. The third kappa shape index (κ3) is 5.14. The molecule has 0 saturated heterocycles. The molecule has 0 spiro atoms. The zero-order chi connectivity index (χ0) is 19.9. The Morgan fingerprint density at radius 1 is 0.821 bits per heavy atom.